The number of nitro benzene ring substituents is 1. The van der Waals surface area contributed by atoms with E-state index in [2.05, 4.69) is 15.9 Å². The Balaban J connectivity index is 2.71. The minimum atomic E-state index is -0.530. The lowest BCUT2D eigenvalue weighted by Crippen LogP contribution is -2.11. The van der Waals surface area contributed by atoms with E-state index in [1.807, 2.05) is 0 Å². The molecule has 0 amide bonds. The number of phenolic OH excluding ortho intramolecular Hbond substituents is 1. The van der Waals surface area contributed by atoms with Gasteiger partial charge in [0, 0.05) is 5.56 Å². The summed E-state index contributed by atoms with van der Waals surface area (Å²) < 4.78 is 0.401. The quantitative estimate of drug-likeness (QED) is 0.608. The average molecular weight is 244 g/mol. The number of nitro groups is 1. The second-order valence-electron chi connectivity index (χ2n) is 2.95. The number of halogens is 1. The van der Waals surface area contributed by atoms with Crippen LogP contribution in [0.5, 0.6) is 5.75 Å². The molecule has 1 N–H and O–H groups in total. The van der Waals surface area contributed by atoms with Crippen LogP contribution in [0, 0.1) is 10.1 Å². The Morgan fingerprint density at radius 2 is 2.23 bits per heavy atom. The van der Waals surface area contributed by atoms with Crippen LogP contribution in [0.4, 0.5) is 5.69 Å². The largest absolute Gasteiger partial charge is 0.501 e. The Kier molecular flexibility index (Phi) is 1.76. The molecule has 1 aliphatic rings. The highest BCUT2D eigenvalue weighted by Crippen LogP contribution is 2.43. The molecule has 0 bridgehead atoms. The van der Waals surface area contributed by atoms with Crippen molar-refractivity contribution in [3.63, 3.8) is 0 Å². The first-order valence-corrected chi connectivity index (χ1v) is 4.58. The van der Waals surface area contributed by atoms with Crippen molar-refractivity contribution in [2.24, 2.45) is 0 Å². The van der Waals surface area contributed by atoms with Gasteiger partial charge in [0.2, 0.25) is 5.75 Å². The molecule has 1 aliphatic carbocycles. The highest BCUT2D eigenvalue weighted by Gasteiger charge is 2.30. The average Bonchev–Trinajstić information content (AvgIpc) is 2.03. The Morgan fingerprint density at radius 1 is 1.54 bits per heavy atom. The second-order valence-corrected chi connectivity index (χ2v) is 3.80. The van der Waals surface area contributed by atoms with E-state index < -0.39 is 4.92 Å². The Hall–Kier alpha value is -1.10. The van der Waals surface area contributed by atoms with Gasteiger partial charge in [-0.15, -0.1) is 0 Å². The van der Waals surface area contributed by atoms with E-state index in [9.17, 15) is 15.2 Å². The van der Waals surface area contributed by atoms with E-state index in [0.717, 1.165) is 12.0 Å². The zero-order chi connectivity index (χ0) is 9.59. The van der Waals surface area contributed by atoms with E-state index in [-0.39, 0.29) is 11.4 Å². The second kappa shape index (κ2) is 2.70. The molecule has 0 fully saturated rings. The summed E-state index contributed by atoms with van der Waals surface area (Å²) in [7, 11) is 0. The van der Waals surface area contributed by atoms with Crippen LogP contribution in [0.15, 0.2) is 10.5 Å². The standard InChI is InChI=1S/C8H6BrNO3/c9-6-3-4-1-2-5(4)7(8(6)11)10(12)13/h3,11H,1-2H2. The van der Waals surface area contributed by atoms with Crippen LogP contribution in [-0.4, -0.2) is 10.0 Å². The highest BCUT2D eigenvalue weighted by atomic mass is 79.9. The number of aromatic hydroxyl groups is 1. The summed E-state index contributed by atoms with van der Waals surface area (Å²) in [5.41, 5.74) is 1.48. The lowest BCUT2D eigenvalue weighted by atomic mass is 9.87. The van der Waals surface area contributed by atoms with Crippen molar-refractivity contribution in [1.82, 2.24) is 0 Å². The van der Waals surface area contributed by atoms with E-state index in [0.29, 0.717) is 16.5 Å². The predicted molar refractivity (Wildman–Crippen MR) is 49.9 cm³/mol. The van der Waals surface area contributed by atoms with E-state index in [4.69, 9.17) is 0 Å². The highest BCUT2D eigenvalue weighted by molar-refractivity contribution is 9.10. The third kappa shape index (κ3) is 1.11. The van der Waals surface area contributed by atoms with Crippen LogP contribution in [0.2, 0.25) is 0 Å². The van der Waals surface area contributed by atoms with Crippen molar-refractivity contribution >= 4 is 21.6 Å². The fraction of sp³-hybridized carbons (Fsp3) is 0.250. The van der Waals surface area contributed by atoms with Gasteiger partial charge in [0.1, 0.15) is 0 Å². The van der Waals surface area contributed by atoms with Gasteiger partial charge in [-0.3, -0.25) is 10.1 Å². The molecule has 0 aromatic heterocycles. The summed E-state index contributed by atoms with van der Waals surface area (Å²) in [6.45, 7) is 0. The van der Waals surface area contributed by atoms with Gasteiger partial charge in [0.05, 0.1) is 9.40 Å². The third-order valence-corrected chi connectivity index (χ3v) is 2.86. The van der Waals surface area contributed by atoms with Crippen LogP contribution >= 0.6 is 15.9 Å². The van der Waals surface area contributed by atoms with E-state index in [1.54, 1.807) is 6.07 Å². The number of nitrogens with zero attached hydrogens (tertiary/aromatic N) is 1. The molecule has 1 aromatic carbocycles. The fourth-order valence-electron chi connectivity index (χ4n) is 1.50. The molecule has 5 heteroatoms. The van der Waals surface area contributed by atoms with Crippen molar-refractivity contribution in [2.75, 3.05) is 0 Å². The molecule has 0 saturated carbocycles. The fourth-order valence-corrected chi connectivity index (χ4v) is 1.96. The molecule has 13 heavy (non-hydrogen) atoms. The van der Waals surface area contributed by atoms with E-state index >= 15 is 0 Å². The van der Waals surface area contributed by atoms with Crippen molar-refractivity contribution in [3.05, 3.63) is 31.8 Å². The Bertz CT molecular complexity index is 389. The number of fused-ring (bicyclic) bond motifs is 1. The number of aryl methyl sites for hydroxylation is 1. The molecule has 0 atom stereocenters. The molecular weight excluding hydrogens is 238 g/mol. The molecule has 0 spiro atoms. The summed E-state index contributed by atoms with van der Waals surface area (Å²) in [5.74, 6) is -0.261. The van der Waals surface area contributed by atoms with Crippen molar-refractivity contribution in [2.45, 2.75) is 12.8 Å². The summed E-state index contributed by atoms with van der Waals surface area (Å²) in [4.78, 5) is 10.1. The van der Waals surface area contributed by atoms with Gasteiger partial charge in [-0.1, -0.05) is 0 Å². The molecule has 0 heterocycles. The summed E-state index contributed by atoms with van der Waals surface area (Å²) in [6, 6.07) is 1.74. The van der Waals surface area contributed by atoms with Gasteiger partial charge in [-0.25, -0.2) is 0 Å². The summed E-state index contributed by atoms with van der Waals surface area (Å²) in [5, 5.41) is 20.0. The lowest BCUT2D eigenvalue weighted by molar-refractivity contribution is -0.386. The lowest BCUT2D eigenvalue weighted by Gasteiger charge is -2.19. The summed E-state index contributed by atoms with van der Waals surface area (Å²) in [6.07, 6.45) is 1.54. The van der Waals surface area contributed by atoms with Gasteiger partial charge >= 0.3 is 5.69 Å². The minimum Gasteiger partial charge on any atom is -0.501 e. The van der Waals surface area contributed by atoms with Gasteiger partial charge in [0.15, 0.2) is 0 Å². The monoisotopic (exact) mass is 243 g/mol. The van der Waals surface area contributed by atoms with Crippen LogP contribution in [0.3, 0.4) is 0 Å². The molecular formula is C8H6BrNO3. The van der Waals surface area contributed by atoms with Gasteiger partial charge < -0.3 is 5.11 Å². The SMILES string of the molecule is O=[N+]([O-])c1c(O)c(Br)cc2c1CC2. The number of phenols is 1. The molecule has 0 unspecified atom stereocenters. The number of rotatable bonds is 1. The van der Waals surface area contributed by atoms with Gasteiger partial charge in [-0.05, 0) is 40.4 Å². The molecule has 68 valence electrons. The first kappa shape index (κ1) is 8.50. The van der Waals surface area contributed by atoms with Crippen molar-refractivity contribution in [1.29, 1.82) is 0 Å². The van der Waals surface area contributed by atoms with Crippen molar-refractivity contribution < 1.29 is 10.0 Å². The van der Waals surface area contributed by atoms with E-state index in [1.165, 1.54) is 0 Å². The van der Waals surface area contributed by atoms with Crippen molar-refractivity contribution in [3.8, 4) is 5.75 Å². The maximum absolute atomic E-state index is 10.6. The molecule has 0 aliphatic heterocycles. The van der Waals surface area contributed by atoms with Gasteiger partial charge in [-0.2, -0.15) is 0 Å². The Labute approximate surface area is 82.5 Å². The number of hydrogen-bond donors (Lipinski definition) is 1. The van der Waals surface area contributed by atoms with Crippen LogP contribution in [0.1, 0.15) is 11.1 Å². The van der Waals surface area contributed by atoms with Crippen LogP contribution in [0.25, 0.3) is 0 Å². The van der Waals surface area contributed by atoms with Gasteiger partial charge in [0.25, 0.3) is 0 Å². The zero-order valence-electron chi connectivity index (χ0n) is 6.58. The normalized spacial score (nSPS) is 13.3. The molecule has 0 radical (unpaired) electrons. The molecule has 1 aromatic rings. The minimum absolute atomic E-state index is 0.143. The first-order valence-electron chi connectivity index (χ1n) is 3.79. The molecule has 0 saturated heterocycles. The number of benzene rings is 1. The third-order valence-electron chi connectivity index (χ3n) is 2.25. The molecule has 4 nitrogen and oxygen atoms in total. The predicted octanol–water partition coefficient (Wildman–Crippen LogP) is 2.16. The topological polar surface area (TPSA) is 63.4 Å². The maximum atomic E-state index is 10.6. The zero-order valence-corrected chi connectivity index (χ0v) is 8.17. The molecule has 2 rings (SSSR count). The van der Waals surface area contributed by atoms with Crippen LogP contribution < -0.4 is 0 Å². The number of hydrogen-bond acceptors (Lipinski definition) is 3. The smallest absolute Gasteiger partial charge is 0.315 e. The Morgan fingerprint density at radius 3 is 2.69 bits per heavy atom. The van der Waals surface area contributed by atoms with Crippen LogP contribution in [-0.2, 0) is 12.8 Å². The summed E-state index contributed by atoms with van der Waals surface area (Å²) >= 11 is 3.08. The first-order chi connectivity index (χ1) is 6.11. The maximum Gasteiger partial charge on any atom is 0.315 e.